The molecule has 0 saturated carbocycles. The Hall–Kier alpha value is -2.76. The van der Waals surface area contributed by atoms with Crippen LogP contribution in [0.15, 0.2) is 24.3 Å². The molecule has 2 aromatic rings. The summed E-state index contributed by atoms with van der Waals surface area (Å²) in [6, 6.07) is 7.29. The number of methoxy groups -OCH3 is 1. The molecule has 0 amide bonds. The molecular formula is C18H21NO5. The lowest BCUT2D eigenvalue weighted by molar-refractivity contribution is 0.0471. The van der Waals surface area contributed by atoms with Crippen molar-refractivity contribution in [2.75, 3.05) is 13.7 Å². The SMILES string of the molecule is CCOC(=O)c1[nH]c(C)c(C(=O)OCc2cccc(OC)c2)c1C. The summed E-state index contributed by atoms with van der Waals surface area (Å²) in [5.74, 6) is -0.272. The number of aromatic nitrogens is 1. The normalized spacial score (nSPS) is 10.3. The molecule has 0 bridgehead atoms. The number of carbonyl (C=O) groups excluding carboxylic acids is 2. The highest BCUT2D eigenvalue weighted by Gasteiger charge is 2.23. The van der Waals surface area contributed by atoms with Crippen LogP contribution in [0.4, 0.5) is 0 Å². The molecular weight excluding hydrogens is 310 g/mol. The zero-order chi connectivity index (χ0) is 17.7. The van der Waals surface area contributed by atoms with Gasteiger partial charge in [-0.3, -0.25) is 0 Å². The third kappa shape index (κ3) is 3.76. The molecule has 6 heteroatoms. The van der Waals surface area contributed by atoms with Crippen LogP contribution in [0.25, 0.3) is 0 Å². The Kier molecular flexibility index (Phi) is 5.63. The Bertz CT molecular complexity index is 748. The number of esters is 2. The van der Waals surface area contributed by atoms with Crippen molar-refractivity contribution in [3.63, 3.8) is 0 Å². The van der Waals surface area contributed by atoms with E-state index in [1.807, 2.05) is 18.2 Å². The minimum Gasteiger partial charge on any atom is -0.497 e. The number of aryl methyl sites for hydroxylation is 1. The van der Waals surface area contributed by atoms with Gasteiger partial charge in [0.05, 0.1) is 19.3 Å². The van der Waals surface area contributed by atoms with E-state index in [0.717, 1.165) is 5.56 Å². The molecule has 1 heterocycles. The van der Waals surface area contributed by atoms with Gasteiger partial charge in [0.1, 0.15) is 18.1 Å². The first-order chi connectivity index (χ1) is 11.5. The van der Waals surface area contributed by atoms with Crippen molar-refractivity contribution in [3.05, 3.63) is 52.3 Å². The van der Waals surface area contributed by atoms with Crippen LogP contribution < -0.4 is 4.74 Å². The Labute approximate surface area is 140 Å². The van der Waals surface area contributed by atoms with E-state index in [1.165, 1.54) is 0 Å². The van der Waals surface area contributed by atoms with Crippen LogP contribution in [0.2, 0.25) is 0 Å². The number of rotatable bonds is 6. The molecule has 24 heavy (non-hydrogen) atoms. The molecule has 2 rings (SSSR count). The summed E-state index contributed by atoms with van der Waals surface area (Å²) in [6.07, 6.45) is 0. The molecule has 0 fully saturated rings. The predicted molar refractivity (Wildman–Crippen MR) is 88.3 cm³/mol. The lowest BCUT2D eigenvalue weighted by atomic mass is 10.1. The van der Waals surface area contributed by atoms with E-state index in [4.69, 9.17) is 14.2 Å². The molecule has 1 aromatic heterocycles. The first-order valence-corrected chi connectivity index (χ1v) is 7.64. The Balaban J connectivity index is 2.13. The van der Waals surface area contributed by atoms with Crippen LogP contribution in [-0.2, 0) is 16.1 Å². The summed E-state index contributed by atoms with van der Waals surface area (Å²) in [7, 11) is 1.58. The van der Waals surface area contributed by atoms with E-state index in [2.05, 4.69) is 4.98 Å². The minimum absolute atomic E-state index is 0.120. The largest absolute Gasteiger partial charge is 0.497 e. The van der Waals surface area contributed by atoms with Gasteiger partial charge in [0.25, 0.3) is 0 Å². The molecule has 0 atom stereocenters. The first kappa shape index (κ1) is 17.6. The van der Waals surface area contributed by atoms with Gasteiger partial charge in [-0.2, -0.15) is 0 Å². The van der Waals surface area contributed by atoms with E-state index < -0.39 is 11.9 Å². The minimum atomic E-state index is -0.486. The van der Waals surface area contributed by atoms with E-state index in [1.54, 1.807) is 33.9 Å². The van der Waals surface area contributed by atoms with Gasteiger partial charge in [-0.1, -0.05) is 12.1 Å². The number of H-pyrrole nitrogens is 1. The number of carbonyl (C=O) groups is 2. The first-order valence-electron chi connectivity index (χ1n) is 7.64. The fourth-order valence-corrected chi connectivity index (χ4v) is 2.45. The molecule has 0 radical (unpaired) electrons. The van der Waals surface area contributed by atoms with E-state index in [-0.39, 0.29) is 18.9 Å². The smallest absolute Gasteiger partial charge is 0.355 e. The number of ether oxygens (including phenoxy) is 3. The maximum Gasteiger partial charge on any atom is 0.355 e. The van der Waals surface area contributed by atoms with Crippen molar-refractivity contribution < 1.29 is 23.8 Å². The Morgan fingerprint density at radius 3 is 2.54 bits per heavy atom. The van der Waals surface area contributed by atoms with Gasteiger partial charge in [-0.05, 0) is 44.0 Å². The average molecular weight is 331 g/mol. The fraction of sp³-hybridized carbons (Fsp3) is 0.333. The molecule has 0 aliphatic heterocycles. The summed E-state index contributed by atoms with van der Waals surface area (Å²) >= 11 is 0. The molecule has 0 aliphatic carbocycles. The molecule has 0 aliphatic rings. The summed E-state index contributed by atoms with van der Waals surface area (Å²) < 4.78 is 15.5. The zero-order valence-corrected chi connectivity index (χ0v) is 14.3. The number of hydrogen-bond donors (Lipinski definition) is 1. The highest BCUT2D eigenvalue weighted by atomic mass is 16.5. The second-order valence-electron chi connectivity index (χ2n) is 5.27. The van der Waals surface area contributed by atoms with E-state index >= 15 is 0 Å². The molecule has 6 nitrogen and oxygen atoms in total. The second kappa shape index (κ2) is 7.68. The second-order valence-corrected chi connectivity index (χ2v) is 5.27. The highest BCUT2D eigenvalue weighted by molar-refractivity contribution is 5.98. The summed E-state index contributed by atoms with van der Waals surface area (Å²) in [5, 5.41) is 0. The van der Waals surface area contributed by atoms with Crippen molar-refractivity contribution in [1.29, 1.82) is 0 Å². The molecule has 128 valence electrons. The van der Waals surface area contributed by atoms with E-state index in [9.17, 15) is 9.59 Å². The third-order valence-electron chi connectivity index (χ3n) is 3.63. The monoisotopic (exact) mass is 331 g/mol. The summed E-state index contributed by atoms with van der Waals surface area (Å²) in [4.78, 5) is 27.2. The highest BCUT2D eigenvalue weighted by Crippen LogP contribution is 2.21. The predicted octanol–water partition coefficient (Wildman–Crippen LogP) is 3.17. The number of nitrogens with one attached hydrogen (secondary N) is 1. The van der Waals surface area contributed by atoms with Crippen LogP contribution >= 0.6 is 0 Å². The van der Waals surface area contributed by atoms with Crippen LogP contribution in [0.3, 0.4) is 0 Å². The van der Waals surface area contributed by atoms with Gasteiger partial charge in [-0.25, -0.2) is 9.59 Å². The van der Waals surface area contributed by atoms with Crippen molar-refractivity contribution in [2.24, 2.45) is 0 Å². The molecule has 0 saturated heterocycles. The van der Waals surface area contributed by atoms with Crippen molar-refractivity contribution in [1.82, 2.24) is 4.98 Å². The van der Waals surface area contributed by atoms with Crippen molar-refractivity contribution in [3.8, 4) is 5.75 Å². The number of benzene rings is 1. The molecule has 1 N–H and O–H groups in total. The van der Waals surface area contributed by atoms with Gasteiger partial charge >= 0.3 is 11.9 Å². The lowest BCUT2D eigenvalue weighted by Crippen LogP contribution is -2.09. The Morgan fingerprint density at radius 1 is 1.12 bits per heavy atom. The van der Waals surface area contributed by atoms with Gasteiger partial charge < -0.3 is 19.2 Å². The molecule has 1 aromatic carbocycles. The lowest BCUT2D eigenvalue weighted by Gasteiger charge is -2.07. The van der Waals surface area contributed by atoms with Gasteiger partial charge in [-0.15, -0.1) is 0 Å². The topological polar surface area (TPSA) is 77.6 Å². The quantitative estimate of drug-likeness (QED) is 0.823. The van der Waals surface area contributed by atoms with Gasteiger partial charge in [0, 0.05) is 5.69 Å². The van der Waals surface area contributed by atoms with Crippen LogP contribution in [0.1, 0.15) is 44.6 Å². The zero-order valence-electron chi connectivity index (χ0n) is 14.3. The fourth-order valence-electron chi connectivity index (χ4n) is 2.45. The van der Waals surface area contributed by atoms with Gasteiger partial charge in [0.15, 0.2) is 0 Å². The summed E-state index contributed by atoms with van der Waals surface area (Å²) in [6.45, 7) is 5.53. The molecule has 0 spiro atoms. The maximum absolute atomic E-state index is 12.4. The average Bonchev–Trinajstić information content (AvgIpc) is 2.88. The van der Waals surface area contributed by atoms with Crippen LogP contribution in [0.5, 0.6) is 5.75 Å². The molecule has 0 unspecified atom stereocenters. The van der Waals surface area contributed by atoms with Crippen molar-refractivity contribution in [2.45, 2.75) is 27.4 Å². The number of aromatic amines is 1. The van der Waals surface area contributed by atoms with Gasteiger partial charge in [0.2, 0.25) is 0 Å². The standard InChI is InChI=1S/C18H21NO5/c1-5-23-18(21)16-11(2)15(12(3)19-16)17(20)24-10-13-7-6-8-14(9-13)22-4/h6-9,19H,5,10H2,1-4H3. The Morgan fingerprint density at radius 2 is 1.88 bits per heavy atom. The third-order valence-corrected chi connectivity index (χ3v) is 3.63. The summed E-state index contributed by atoms with van der Waals surface area (Å²) in [5.41, 5.74) is 2.57. The van der Waals surface area contributed by atoms with Crippen LogP contribution in [-0.4, -0.2) is 30.6 Å². The number of hydrogen-bond acceptors (Lipinski definition) is 5. The van der Waals surface area contributed by atoms with Crippen molar-refractivity contribution >= 4 is 11.9 Å². The van der Waals surface area contributed by atoms with Crippen LogP contribution in [0, 0.1) is 13.8 Å². The van der Waals surface area contributed by atoms with E-state index in [0.29, 0.717) is 22.6 Å². The maximum atomic E-state index is 12.4.